The molecule has 5 nitrogen and oxygen atoms in total. The fraction of sp³-hybridized carbons (Fsp3) is 0.250. The Hall–Kier alpha value is -3.02. The van der Waals surface area contributed by atoms with Gasteiger partial charge in [0.25, 0.3) is 5.56 Å². The van der Waals surface area contributed by atoms with Crippen molar-refractivity contribution in [1.82, 2.24) is 19.2 Å². The van der Waals surface area contributed by atoms with Crippen LogP contribution >= 0.6 is 0 Å². The molecule has 0 aliphatic rings. The van der Waals surface area contributed by atoms with E-state index < -0.39 is 0 Å². The fourth-order valence-corrected chi connectivity index (χ4v) is 3.20. The van der Waals surface area contributed by atoms with Gasteiger partial charge >= 0.3 is 0 Å². The first-order chi connectivity index (χ1) is 12.7. The molecule has 0 saturated heterocycles. The van der Waals surface area contributed by atoms with Crippen molar-refractivity contribution < 1.29 is 4.39 Å². The minimum atomic E-state index is -0.285. The minimum absolute atomic E-state index is 0.0492. The normalized spacial score (nSPS) is 11.5. The van der Waals surface area contributed by atoms with Crippen LogP contribution in [0.4, 0.5) is 4.39 Å². The molecule has 6 heteroatoms. The molecule has 0 radical (unpaired) electrons. The lowest BCUT2D eigenvalue weighted by molar-refractivity contribution is 0.590. The van der Waals surface area contributed by atoms with Gasteiger partial charge in [0.2, 0.25) is 0 Å². The van der Waals surface area contributed by atoms with Gasteiger partial charge in [0.15, 0.2) is 5.65 Å². The topological polar surface area (TPSA) is 52.2 Å². The van der Waals surface area contributed by atoms with Crippen LogP contribution in [0.1, 0.15) is 26.2 Å². The molecule has 0 bridgehead atoms. The predicted molar refractivity (Wildman–Crippen MR) is 99.7 cm³/mol. The SMILES string of the molecule is CCCCCn1ccc2c(cnc3c(-c4ccc(F)cc4)cnn32)c1=O. The second-order valence-electron chi connectivity index (χ2n) is 6.38. The molecule has 0 amide bonds. The summed E-state index contributed by atoms with van der Waals surface area (Å²) in [6.45, 7) is 2.85. The van der Waals surface area contributed by atoms with Gasteiger partial charge in [-0.1, -0.05) is 31.9 Å². The molecule has 26 heavy (non-hydrogen) atoms. The molecular weight excluding hydrogens is 331 g/mol. The van der Waals surface area contributed by atoms with Crippen molar-refractivity contribution in [1.29, 1.82) is 0 Å². The van der Waals surface area contributed by atoms with Gasteiger partial charge in [-0.15, -0.1) is 0 Å². The van der Waals surface area contributed by atoms with E-state index in [-0.39, 0.29) is 11.4 Å². The zero-order valence-corrected chi connectivity index (χ0v) is 14.5. The maximum Gasteiger partial charge on any atom is 0.261 e. The van der Waals surface area contributed by atoms with Crippen molar-refractivity contribution in [3.05, 3.63) is 65.1 Å². The van der Waals surface area contributed by atoms with E-state index in [9.17, 15) is 9.18 Å². The van der Waals surface area contributed by atoms with E-state index in [1.165, 1.54) is 12.1 Å². The number of aromatic nitrogens is 4. The highest BCUT2D eigenvalue weighted by molar-refractivity contribution is 5.84. The zero-order valence-electron chi connectivity index (χ0n) is 14.5. The van der Waals surface area contributed by atoms with Crippen LogP contribution in [0.15, 0.2) is 53.7 Å². The Morgan fingerprint density at radius 1 is 1.08 bits per heavy atom. The lowest BCUT2D eigenvalue weighted by Crippen LogP contribution is -2.20. The van der Waals surface area contributed by atoms with Gasteiger partial charge in [-0.3, -0.25) is 4.79 Å². The van der Waals surface area contributed by atoms with E-state index in [2.05, 4.69) is 17.0 Å². The Labute approximate surface area is 149 Å². The van der Waals surface area contributed by atoms with E-state index in [0.29, 0.717) is 17.6 Å². The summed E-state index contributed by atoms with van der Waals surface area (Å²) >= 11 is 0. The zero-order chi connectivity index (χ0) is 18.1. The van der Waals surface area contributed by atoms with Crippen molar-refractivity contribution in [2.45, 2.75) is 32.7 Å². The van der Waals surface area contributed by atoms with E-state index in [0.717, 1.165) is 35.9 Å². The Morgan fingerprint density at radius 3 is 2.65 bits per heavy atom. The standard InChI is InChI=1S/C20H19FN4O/c1-2-3-4-10-24-11-9-18-17(20(24)26)12-22-19-16(13-23-25(18)19)14-5-7-15(21)8-6-14/h5-9,11-13H,2-4,10H2,1H3. The lowest BCUT2D eigenvalue weighted by Gasteiger charge is -2.08. The molecule has 0 aliphatic carbocycles. The molecule has 0 atom stereocenters. The van der Waals surface area contributed by atoms with Gasteiger partial charge in [0.05, 0.1) is 17.1 Å². The first-order valence-corrected chi connectivity index (χ1v) is 8.81. The van der Waals surface area contributed by atoms with Crippen molar-refractivity contribution in [2.24, 2.45) is 0 Å². The second-order valence-corrected chi connectivity index (χ2v) is 6.38. The fourth-order valence-electron chi connectivity index (χ4n) is 3.20. The van der Waals surface area contributed by atoms with Gasteiger partial charge in [-0.2, -0.15) is 5.10 Å². The van der Waals surface area contributed by atoms with Crippen LogP contribution in [-0.4, -0.2) is 19.2 Å². The summed E-state index contributed by atoms with van der Waals surface area (Å²) in [5.41, 5.74) is 2.96. The summed E-state index contributed by atoms with van der Waals surface area (Å²) in [7, 11) is 0. The van der Waals surface area contributed by atoms with Crippen LogP contribution in [0.25, 0.3) is 27.7 Å². The average Bonchev–Trinajstić information content (AvgIpc) is 3.09. The molecule has 0 saturated carbocycles. The third-order valence-corrected chi connectivity index (χ3v) is 4.63. The number of rotatable bonds is 5. The molecule has 0 N–H and O–H groups in total. The van der Waals surface area contributed by atoms with E-state index in [4.69, 9.17) is 0 Å². The van der Waals surface area contributed by atoms with E-state index in [1.54, 1.807) is 33.6 Å². The monoisotopic (exact) mass is 350 g/mol. The highest BCUT2D eigenvalue weighted by Crippen LogP contribution is 2.25. The smallest absolute Gasteiger partial charge is 0.261 e. The molecule has 3 heterocycles. The predicted octanol–water partition coefficient (Wildman–Crippen LogP) is 4.04. The summed E-state index contributed by atoms with van der Waals surface area (Å²) in [5.74, 6) is -0.285. The summed E-state index contributed by atoms with van der Waals surface area (Å²) in [6, 6.07) is 8.12. The van der Waals surface area contributed by atoms with Crippen LogP contribution in [0.3, 0.4) is 0 Å². The molecule has 0 spiro atoms. The highest BCUT2D eigenvalue weighted by Gasteiger charge is 2.13. The van der Waals surface area contributed by atoms with Gasteiger partial charge in [0, 0.05) is 24.5 Å². The number of hydrogen-bond donors (Lipinski definition) is 0. The Morgan fingerprint density at radius 2 is 1.88 bits per heavy atom. The van der Waals surface area contributed by atoms with Gasteiger partial charge in [-0.05, 0) is 30.2 Å². The Kier molecular flexibility index (Phi) is 4.24. The van der Waals surface area contributed by atoms with Crippen molar-refractivity contribution >= 4 is 16.6 Å². The number of hydrogen-bond acceptors (Lipinski definition) is 3. The van der Waals surface area contributed by atoms with Gasteiger partial charge in [-0.25, -0.2) is 13.9 Å². The van der Waals surface area contributed by atoms with E-state index in [1.807, 2.05) is 12.3 Å². The molecule has 4 aromatic rings. The van der Waals surface area contributed by atoms with Crippen LogP contribution in [-0.2, 0) is 6.54 Å². The number of fused-ring (bicyclic) bond motifs is 3. The quantitative estimate of drug-likeness (QED) is 0.511. The highest BCUT2D eigenvalue weighted by atomic mass is 19.1. The number of aryl methyl sites for hydroxylation is 1. The largest absolute Gasteiger partial charge is 0.315 e. The third kappa shape index (κ3) is 2.77. The number of nitrogens with zero attached hydrogens (tertiary/aromatic N) is 4. The average molecular weight is 350 g/mol. The number of unbranched alkanes of at least 4 members (excludes halogenated alkanes) is 2. The number of benzene rings is 1. The molecule has 0 aliphatic heterocycles. The van der Waals surface area contributed by atoms with Gasteiger partial charge < -0.3 is 4.57 Å². The van der Waals surface area contributed by atoms with Crippen molar-refractivity contribution in [3.63, 3.8) is 0 Å². The lowest BCUT2D eigenvalue weighted by atomic mass is 10.1. The summed E-state index contributed by atoms with van der Waals surface area (Å²) < 4.78 is 16.6. The van der Waals surface area contributed by atoms with Crippen LogP contribution in [0, 0.1) is 5.82 Å². The summed E-state index contributed by atoms with van der Waals surface area (Å²) in [4.78, 5) is 17.2. The maximum absolute atomic E-state index is 13.2. The van der Waals surface area contributed by atoms with Crippen LogP contribution in [0.2, 0.25) is 0 Å². The van der Waals surface area contributed by atoms with Crippen LogP contribution in [0.5, 0.6) is 0 Å². The maximum atomic E-state index is 13.2. The van der Waals surface area contributed by atoms with Crippen molar-refractivity contribution in [2.75, 3.05) is 0 Å². The molecule has 132 valence electrons. The summed E-state index contributed by atoms with van der Waals surface area (Å²) in [5, 5.41) is 4.95. The van der Waals surface area contributed by atoms with Gasteiger partial charge in [0.1, 0.15) is 5.82 Å². The molecule has 3 aromatic heterocycles. The van der Waals surface area contributed by atoms with Crippen molar-refractivity contribution in [3.8, 4) is 11.1 Å². The minimum Gasteiger partial charge on any atom is -0.315 e. The first-order valence-electron chi connectivity index (χ1n) is 8.81. The van der Waals surface area contributed by atoms with Crippen LogP contribution < -0.4 is 5.56 Å². The first kappa shape index (κ1) is 16.4. The summed E-state index contributed by atoms with van der Waals surface area (Å²) in [6.07, 6.45) is 8.32. The number of pyridine rings is 1. The molecule has 4 rings (SSSR count). The number of halogens is 1. The third-order valence-electron chi connectivity index (χ3n) is 4.63. The Bertz CT molecular complexity index is 1130. The molecule has 0 unspecified atom stereocenters. The molecule has 0 fully saturated rings. The molecule has 1 aromatic carbocycles. The van der Waals surface area contributed by atoms with E-state index >= 15 is 0 Å². The Balaban J connectivity index is 1.82. The molecular formula is C20H19FN4O. The second kappa shape index (κ2) is 6.71.